The van der Waals surface area contributed by atoms with Gasteiger partial charge in [-0.05, 0) is 29.8 Å². The summed E-state index contributed by atoms with van der Waals surface area (Å²) in [6.07, 6.45) is 0. The van der Waals surface area contributed by atoms with Gasteiger partial charge in [-0.25, -0.2) is 9.97 Å². The Morgan fingerprint density at radius 2 is 2.00 bits per heavy atom. The molecule has 0 aliphatic rings. The number of rotatable bonds is 0. The molecule has 0 saturated carbocycles. The highest BCUT2D eigenvalue weighted by atomic mass is 79.9. The first-order valence-electron chi connectivity index (χ1n) is 4.23. The number of H-pyrrole nitrogens is 1. The highest BCUT2D eigenvalue weighted by Gasteiger charge is 2.13. The lowest BCUT2D eigenvalue weighted by atomic mass is 10.2. The van der Waals surface area contributed by atoms with Crippen molar-refractivity contribution in [3.8, 4) is 0 Å². The van der Waals surface area contributed by atoms with Crippen molar-refractivity contribution in [2.24, 2.45) is 0 Å². The molecule has 0 atom stereocenters. The number of nitrogens with one attached hydrogen (secondary N) is 1. The third-order valence-corrected chi connectivity index (χ3v) is 3.32. The summed E-state index contributed by atoms with van der Waals surface area (Å²) in [4.78, 5) is 22.7. The Bertz CT molecular complexity index is 608. The molecule has 0 unspecified atom stereocenters. The Balaban J connectivity index is 3.10. The van der Waals surface area contributed by atoms with Crippen molar-refractivity contribution in [3.05, 3.63) is 31.5 Å². The fourth-order valence-electron chi connectivity index (χ4n) is 1.40. The summed E-state index contributed by atoms with van der Waals surface area (Å²) in [6.45, 7) is 3.50. The quantitative estimate of drug-likeness (QED) is 0.757. The summed E-state index contributed by atoms with van der Waals surface area (Å²) in [5, 5.41) is 0.717. The Labute approximate surface area is 98.8 Å². The molecule has 78 valence electrons. The van der Waals surface area contributed by atoms with Crippen LogP contribution in [0.3, 0.4) is 0 Å². The molecule has 2 aromatic heterocycles. The first-order valence-corrected chi connectivity index (χ1v) is 5.40. The number of hydrogen-bond donors (Lipinski definition) is 1. The lowest BCUT2D eigenvalue weighted by Crippen LogP contribution is -2.11. The molecule has 0 saturated heterocycles. The summed E-state index contributed by atoms with van der Waals surface area (Å²) in [5.74, 6) is 0.562. The molecule has 0 amide bonds. The summed E-state index contributed by atoms with van der Waals surface area (Å²) < 4.78 is 0.485. The van der Waals surface area contributed by atoms with Gasteiger partial charge in [0.05, 0.1) is 15.6 Å². The maximum absolute atomic E-state index is 11.7. The minimum Gasteiger partial charge on any atom is -0.310 e. The van der Waals surface area contributed by atoms with E-state index in [0.29, 0.717) is 26.9 Å². The molecular formula is C9H7BrClN3O. The van der Waals surface area contributed by atoms with Crippen LogP contribution in [0.15, 0.2) is 9.27 Å². The van der Waals surface area contributed by atoms with Crippen molar-refractivity contribution in [3.63, 3.8) is 0 Å². The highest BCUT2D eigenvalue weighted by molar-refractivity contribution is 9.10. The highest BCUT2D eigenvalue weighted by Crippen LogP contribution is 2.27. The SMILES string of the molecule is Cc1nc2c(C)nc(Cl)c(Br)c2c(=O)[nH]1. The van der Waals surface area contributed by atoms with Crippen LogP contribution in [-0.4, -0.2) is 15.0 Å². The number of hydrogen-bond acceptors (Lipinski definition) is 3. The van der Waals surface area contributed by atoms with E-state index < -0.39 is 0 Å². The van der Waals surface area contributed by atoms with Gasteiger partial charge in [-0.3, -0.25) is 4.79 Å². The Morgan fingerprint density at radius 1 is 1.33 bits per heavy atom. The fourth-order valence-corrected chi connectivity index (χ4v) is 2.08. The molecule has 4 nitrogen and oxygen atoms in total. The maximum Gasteiger partial charge on any atom is 0.260 e. The second-order valence-corrected chi connectivity index (χ2v) is 4.33. The summed E-state index contributed by atoms with van der Waals surface area (Å²) >= 11 is 9.10. The first kappa shape index (κ1) is 10.6. The third kappa shape index (κ3) is 1.66. The van der Waals surface area contributed by atoms with Gasteiger partial charge in [0.2, 0.25) is 0 Å². The Kier molecular flexibility index (Phi) is 2.52. The van der Waals surface area contributed by atoms with Crippen molar-refractivity contribution in [2.75, 3.05) is 0 Å². The molecule has 0 bridgehead atoms. The average molecular weight is 289 g/mol. The van der Waals surface area contributed by atoms with Crippen LogP contribution in [0.25, 0.3) is 10.9 Å². The molecule has 0 fully saturated rings. The number of halogens is 2. The van der Waals surface area contributed by atoms with Crippen LogP contribution in [0.1, 0.15) is 11.5 Å². The van der Waals surface area contributed by atoms with Crippen molar-refractivity contribution in [1.82, 2.24) is 15.0 Å². The normalized spacial score (nSPS) is 10.9. The molecule has 6 heteroatoms. The molecule has 0 radical (unpaired) electrons. The standard InChI is InChI=1S/C9H7BrClN3O/c1-3-7-5(6(10)8(11)12-3)9(15)14-4(2)13-7/h1-2H3,(H,13,14,15). The second-order valence-electron chi connectivity index (χ2n) is 3.18. The molecule has 2 heterocycles. The van der Waals surface area contributed by atoms with Crippen LogP contribution in [0, 0.1) is 13.8 Å². The number of aryl methyl sites for hydroxylation is 2. The van der Waals surface area contributed by atoms with E-state index in [2.05, 4.69) is 30.9 Å². The molecular weight excluding hydrogens is 281 g/mol. The van der Waals surface area contributed by atoms with Crippen molar-refractivity contribution in [2.45, 2.75) is 13.8 Å². The van der Waals surface area contributed by atoms with Crippen LogP contribution < -0.4 is 5.56 Å². The third-order valence-electron chi connectivity index (χ3n) is 2.05. The molecule has 0 aliphatic carbocycles. The number of aromatic nitrogens is 3. The summed E-state index contributed by atoms with van der Waals surface area (Å²) in [6, 6.07) is 0. The molecule has 0 aliphatic heterocycles. The van der Waals surface area contributed by atoms with Gasteiger partial charge in [0, 0.05) is 0 Å². The van der Waals surface area contributed by atoms with Crippen LogP contribution in [0.4, 0.5) is 0 Å². The fraction of sp³-hybridized carbons (Fsp3) is 0.222. The topological polar surface area (TPSA) is 58.6 Å². The minimum atomic E-state index is -0.211. The van der Waals surface area contributed by atoms with Gasteiger partial charge in [-0.15, -0.1) is 0 Å². The number of aromatic amines is 1. The van der Waals surface area contributed by atoms with E-state index in [1.807, 2.05) is 0 Å². The van der Waals surface area contributed by atoms with E-state index in [4.69, 9.17) is 11.6 Å². The van der Waals surface area contributed by atoms with Gasteiger partial charge < -0.3 is 4.98 Å². The minimum absolute atomic E-state index is 0.211. The summed E-state index contributed by atoms with van der Waals surface area (Å²) in [5.41, 5.74) is 1.01. The van der Waals surface area contributed by atoms with Gasteiger partial charge in [-0.1, -0.05) is 11.6 Å². The average Bonchev–Trinajstić information content (AvgIpc) is 2.13. The Hall–Kier alpha value is -0.940. The van der Waals surface area contributed by atoms with Gasteiger partial charge in [0.15, 0.2) is 0 Å². The predicted octanol–water partition coefficient (Wildman–Crippen LogP) is 2.35. The van der Waals surface area contributed by atoms with Crippen molar-refractivity contribution in [1.29, 1.82) is 0 Å². The van der Waals surface area contributed by atoms with E-state index in [1.54, 1.807) is 13.8 Å². The maximum atomic E-state index is 11.7. The van der Waals surface area contributed by atoms with E-state index in [0.717, 1.165) is 0 Å². The van der Waals surface area contributed by atoms with Crippen LogP contribution in [0.2, 0.25) is 5.15 Å². The van der Waals surface area contributed by atoms with Crippen molar-refractivity contribution >= 4 is 38.4 Å². The van der Waals surface area contributed by atoms with E-state index in [-0.39, 0.29) is 10.7 Å². The van der Waals surface area contributed by atoms with Crippen molar-refractivity contribution < 1.29 is 0 Å². The van der Waals surface area contributed by atoms with Crippen LogP contribution in [0.5, 0.6) is 0 Å². The molecule has 0 aromatic carbocycles. The van der Waals surface area contributed by atoms with E-state index >= 15 is 0 Å². The monoisotopic (exact) mass is 287 g/mol. The molecule has 0 spiro atoms. The van der Waals surface area contributed by atoms with E-state index in [1.165, 1.54) is 0 Å². The smallest absolute Gasteiger partial charge is 0.260 e. The number of fused-ring (bicyclic) bond motifs is 1. The largest absolute Gasteiger partial charge is 0.310 e. The first-order chi connectivity index (χ1) is 7.00. The van der Waals surface area contributed by atoms with Gasteiger partial charge in [0.25, 0.3) is 5.56 Å². The number of nitrogens with zero attached hydrogens (tertiary/aromatic N) is 2. The lowest BCUT2D eigenvalue weighted by Gasteiger charge is -2.04. The summed E-state index contributed by atoms with van der Waals surface area (Å²) in [7, 11) is 0. The zero-order valence-electron chi connectivity index (χ0n) is 8.06. The predicted molar refractivity (Wildman–Crippen MR) is 62.3 cm³/mol. The van der Waals surface area contributed by atoms with Gasteiger partial charge in [0.1, 0.15) is 16.5 Å². The van der Waals surface area contributed by atoms with Gasteiger partial charge >= 0.3 is 0 Å². The van der Waals surface area contributed by atoms with Crippen LogP contribution in [-0.2, 0) is 0 Å². The van der Waals surface area contributed by atoms with Crippen LogP contribution >= 0.6 is 27.5 Å². The molecule has 2 aromatic rings. The molecule has 1 N–H and O–H groups in total. The van der Waals surface area contributed by atoms with Gasteiger partial charge in [-0.2, -0.15) is 0 Å². The lowest BCUT2D eigenvalue weighted by molar-refractivity contribution is 1.04. The zero-order valence-corrected chi connectivity index (χ0v) is 10.4. The Morgan fingerprint density at radius 3 is 2.67 bits per heavy atom. The number of pyridine rings is 1. The zero-order chi connectivity index (χ0) is 11.2. The molecule has 15 heavy (non-hydrogen) atoms. The second kappa shape index (κ2) is 3.57. The van der Waals surface area contributed by atoms with E-state index in [9.17, 15) is 4.79 Å². The molecule has 2 rings (SSSR count).